The van der Waals surface area contributed by atoms with E-state index in [1.807, 2.05) is 43.3 Å². The summed E-state index contributed by atoms with van der Waals surface area (Å²) in [7, 11) is 0. The van der Waals surface area contributed by atoms with Crippen LogP contribution in [-0.4, -0.2) is 36.3 Å². The quantitative estimate of drug-likeness (QED) is 0.539. The van der Waals surface area contributed by atoms with Crippen molar-refractivity contribution in [2.24, 2.45) is 0 Å². The molecular weight excluding hydrogens is 348 g/mol. The maximum absolute atomic E-state index is 12.4. The molecule has 0 saturated heterocycles. The zero-order valence-corrected chi connectivity index (χ0v) is 15.0. The predicted octanol–water partition coefficient (Wildman–Crippen LogP) is 3.33. The van der Waals surface area contributed by atoms with E-state index in [9.17, 15) is 4.79 Å². The molecule has 0 bridgehead atoms. The van der Waals surface area contributed by atoms with Gasteiger partial charge in [0.1, 0.15) is 11.3 Å². The number of amides is 1. The lowest BCUT2D eigenvalue weighted by atomic mass is 10.2. The third-order valence-corrected chi connectivity index (χ3v) is 4.96. The lowest BCUT2D eigenvalue weighted by Crippen LogP contribution is -2.23. The molecule has 0 spiro atoms. The highest BCUT2D eigenvalue weighted by molar-refractivity contribution is 8.00. The van der Waals surface area contributed by atoms with E-state index in [1.54, 1.807) is 13.1 Å². The number of H-pyrrole nitrogens is 1. The Kier molecular flexibility index (Phi) is 4.26. The average molecular weight is 364 g/mol. The van der Waals surface area contributed by atoms with Gasteiger partial charge in [-0.25, -0.2) is 9.97 Å². The van der Waals surface area contributed by atoms with Gasteiger partial charge in [-0.05, 0) is 31.5 Å². The van der Waals surface area contributed by atoms with Crippen LogP contribution in [0.3, 0.4) is 0 Å². The fraction of sp³-hybridized carbons (Fsp3) is 0.167. The van der Waals surface area contributed by atoms with E-state index in [4.69, 9.17) is 0 Å². The summed E-state index contributed by atoms with van der Waals surface area (Å²) < 4.78 is 0. The van der Waals surface area contributed by atoms with E-state index >= 15 is 0 Å². The smallest absolute Gasteiger partial charge is 0.238 e. The van der Waals surface area contributed by atoms with Gasteiger partial charge < -0.3 is 10.3 Å². The summed E-state index contributed by atoms with van der Waals surface area (Å²) >= 11 is 1.26. The summed E-state index contributed by atoms with van der Waals surface area (Å²) in [6.45, 7) is 3.70. The van der Waals surface area contributed by atoms with E-state index in [0.717, 1.165) is 22.0 Å². The molecule has 8 heteroatoms. The molecular formula is C18H16N6OS. The highest BCUT2D eigenvalue weighted by Gasteiger charge is 2.18. The van der Waals surface area contributed by atoms with Crippen LogP contribution in [0.5, 0.6) is 0 Å². The Morgan fingerprint density at radius 3 is 2.88 bits per heavy atom. The van der Waals surface area contributed by atoms with E-state index < -0.39 is 0 Å². The first-order valence-corrected chi connectivity index (χ1v) is 9.00. The number of aromatic amines is 1. The molecule has 26 heavy (non-hydrogen) atoms. The number of fused-ring (bicyclic) bond motifs is 3. The molecule has 3 aromatic heterocycles. The number of nitrogens with one attached hydrogen (secondary N) is 2. The zero-order chi connectivity index (χ0) is 18.1. The number of carbonyl (C=O) groups excluding carboxylic acids is 1. The molecule has 7 nitrogen and oxygen atoms in total. The van der Waals surface area contributed by atoms with Crippen molar-refractivity contribution in [3.8, 4) is 0 Å². The second-order valence-electron chi connectivity index (χ2n) is 5.88. The molecule has 130 valence electrons. The minimum Gasteiger partial charge on any atom is -0.338 e. The van der Waals surface area contributed by atoms with Crippen LogP contribution >= 0.6 is 11.8 Å². The number of para-hydroxylation sites is 1. The predicted molar refractivity (Wildman–Crippen MR) is 102 cm³/mol. The number of thioether (sulfide) groups is 1. The number of aromatic nitrogens is 5. The van der Waals surface area contributed by atoms with E-state index in [-0.39, 0.29) is 11.2 Å². The van der Waals surface area contributed by atoms with Gasteiger partial charge in [0.25, 0.3) is 0 Å². The summed E-state index contributed by atoms with van der Waals surface area (Å²) in [5, 5.41) is 12.3. The molecule has 0 aliphatic heterocycles. The summed E-state index contributed by atoms with van der Waals surface area (Å²) in [4.78, 5) is 24.3. The first kappa shape index (κ1) is 16.5. The summed E-state index contributed by atoms with van der Waals surface area (Å²) in [5.41, 5.74) is 3.27. The number of benzene rings is 1. The normalized spacial score (nSPS) is 12.4. The third-order valence-electron chi connectivity index (χ3n) is 4.01. The van der Waals surface area contributed by atoms with Crippen molar-refractivity contribution < 1.29 is 4.79 Å². The highest BCUT2D eigenvalue weighted by Crippen LogP contribution is 2.25. The van der Waals surface area contributed by atoms with Crippen molar-refractivity contribution in [2.45, 2.75) is 24.3 Å². The van der Waals surface area contributed by atoms with E-state index in [2.05, 4.69) is 30.5 Å². The van der Waals surface area contributed by atoms with Crippen molar-refractivity contribution in [2.75, 3.05) is 5.32 Å². The van der Waals surface area contributed by atoms with Crippen molar-refractivity contribution in [1.82, 2.24) is 25.1 Å². The Bertz CT molecular complexity index is 1110. The molecule has 1 amide bonds. The van der Waals surface area contributed by atoms with Crippen molar-refractivity contribution in [3.63, 3.8) is 0 Å². The van der Waals surface area contributed by atoms with Gasteiger partial charge in [0.15, 0.2) is 5.65 Å². The molecule has 1 atom stereocenters. The van der Waals surface area contributed by atoms with Crippen LogP contribution in [0.4, 0.5) is 5.82 Å². The fourth-order valence-corrected chi connectivity index (χ4v) is 3.32. The fourth-order valence-electron chi connectivity index (χ4n) is 2.60. The van der Waals surface area contributed by atoms with Gasteiger partial charge in [-0.2, -0.15) is 0 Å². The molecule has 0 fully saturated rings. The van der Waals surface area contributed by atoms with Crippen LogP contribution in [0.1, 0.15) is 12.5 Å². The van der Waals surface area contributed by atoms with Crippen molar-refractivity contribution >= 4 is 45.6 Å². The Labute approximate surface area is 153 Å². The molecule has 0 aliphatic carbocycles. The Balaban J connectivity index is 1.53. The first-order valence-electron chi connectivity index (χ1n) is 8.12. The van der Waals surface area contributed by atoms with Crippen LogP contribution in [0.15, 0.2) is 47.8 Å². The summed E-state index contributed by atoms with van der Waals surface area (Å²) in [5.74, 6) is 0.409. The maximum Gasteiger partial charge on any atom is 0.238 e. The highest BCUT2D eigenvalue weighted by atomic mass is 32.2. The number of hydrogen-bond acceptors (Lipinski definition) is 6. The van der Waals surface area contributed by atoms with Gasteiger partial charge in [-0.15, -0.1) is 10.2 Å². The molecule has 0 aliphatic rings. The lowest BCUT2D eigenvalue weighted by Gasteiger charge is -2.11. The molecule has 1 unspecified atom stereocenters. The third kappa shape index (κ3) is 3.11. The van der Waals surface area contributed by atoms with Crippen molar-refractivity contribution in [3.05, 3.63) is 48.2 Å². The standard InChI is InChI=1S/C18H16N6OS/c1-10-6-5-9-19-15(10)21-17(25)11(2)26-18-22-16-14(23-24-18)12-7-3-4-8-13(12)20-16/h3-9,11H,1-2H3,(H,19,21,25)(H,20,22,24). The van der Waals surface area contributed by atoms with Gasteiger partial charge in [0, 0.05) is 17.1 Å². The van der Waals surface area contributed by atoms with E-state index in [0.29, 0.717) is 16.6 Å². The number of aryl methyl sites for hydroxylation is 1. The second-order valence-corrected chi connectivity index (χ2v) is 7.19. The lowest BCUT2D eigenvalue weighted by molar-refractivity contribution is -0.115. The first-order chi connectivity index (χ1) is 12.6. The maximum atomic E-state index is 12.4. The van der Waals surface area contributed by atoms with Crippen LogP contribution in [0.25, 0.3) is 22.1 Å². The molecule has 0 radical (unpaired) electrons. The van der Waals surface area contributed by atoms with Gasteiger partial charge in [0.05, 0.1) is 5.25 Å². The van der Waals surface area contributed by atoms with Crippen LogP contribution < -0.4 is 5.32 Å². The number of hydrogen-bond donors (Lipinski definition) is 2. The Hall–Kier alpha value is -3.00. The molecule has 1 aromatic carbocycles. The summed E-state index contributed by atoms with van der Waals surface area (Å²) in [6, 6.07) is 11.6. The van der Waals surface area contributed by atoms with Crippen LogP contribution in [-0.2, 0) is 4.79 Å². The minimum absolute atomic E-state index is 0.155. The molecule has 4 aromatic rings. The average Bonchev–Trinajstić information content (AvgIpc) is 3.01. The summed E-state index contributed by atoms with van der Waals surface area (Å²) in [6.07, 6.45) is 1.65. The monoisotopic (exact) mass is 364 g/mol. The minimum atomic E-state index is -0.389. The number of anilines is 1. The topological polar surface area (TPSA) is 96.5 Å². The number of pyridine rings is 1. The van der Waals surface area contributed by atoms with Crippen molar-refractivity contribution in [1.29, 1.82) is 0 Å². The Morgan fingerprint density at radius 2 is 2.04 bits per heavy atom. The molecule has 2 N–H and O–H groups in total. The largest absolute Gasteiger partial charge is 0.338 e. The van der Waals surface area contributed by atoms with Gasteiger partial charge in [-0.3, -0.25) is 4.79 Å². The number of carbonyl (C=O) groups is 1. The second kappa shape index (κ2) is 6.72. The molecule has 3 heterocycles. The van der Waals surface area contributed by atoms with Crippen LogP contribution in [0.2, 0.25) is 0 Å². The SMILES string of the molecule is Cc1cccnc1NC(=O)C(C)Sc1nnc2c(n1)[nH]c1ccccc12. The van der Waals surface area contributed by atoms with Gasteiger partial charge in [-0.1, -0.05) is 36.0 Å². The molecule has 0 saturated carbocycles. The molecule has 4 rings (SSSR count). The van der Waals surface area contributed by atoms with Gasteiger partial charge in [0.2, 0.25) is 11.1 Å². The van der Waals surface area contributed by atoms with Gasteiger partial charge >= 0.3 is 0 Å². The zero-order valence-electron chi connectivity index (χ0n) is 14.2. The van der Waals surface area contributed by atoms with E-state index in [1.165, 1.54) is 11.8 Å². The van der Waals surface area contributed by atoms with Crippen LogP contribution in [0, 0.1) is 6.92 Å². The Morgan fingerprint density at radius 1 is 1.19 bits per heavy atom. The number of rotatable bonds is 4. The number of nitrogens with zero attached hydrogens (tertiary/aromatic N) is 4.